The zero-order valence-electron chi connectivity index (χ0n) is 37.0. The van der Waals surface area contributed by atoms with Crippen LogP contribution in [0.5, 0.6) is 0 Å². The van der Waals surface area contributed by atoms with Crippen LogP contribution in [-0.2, 0) is 30.1 Å². The van der Waals surface area contributed by atoms with Crippen LogP contribution in [0.4, 0.5) is 0 Å². The first kappa shape index (κ1) is 41.5. The minimum Gasteiger partial charge on any atom is -0.333 e. The van der Waals surface area contributed by atoms with Gasteiger partial charge in [0, 0.05) is 10.8 Å². The van der Waals surface area contributed by atoms with Crippen molar-refractivity contribution in [2.45, 2.75) is 71.6 Å². The molecular weight excluding hydrogens is 735 g/mol. The second kappa shape index (κ2) is 17.4. The SMILES string of the molecule is CN.Cc1ccccc1.Cc1ccccc1C(C)(C)c1ccccc1-c1cc(-c2ccc3c(c2)C(C)(C)c2ccccc2C3)c2c(c1)-c1c(Cc3ccccc3)cccc1C2. The van der Waals surface area contributed by atoms with Gasteiger partial charge in [-0.25, -0.2) is 0 Å². The molecule has 0 heterocycles. The number of rotatable bonds is 6. The second-order valence-corrected chi connectivity index (χ2v) is 17.8. The summed E-state index contributed by atoms with van der Waals surface area (Å²) < 4.78 is 0. The molecule has 2 aliphatic rings. The van der Waals surface area contributed by atoms with E-state index in [1.54, 1.807) is 0 Å². The number of hydrogen-bond donors (Lipinski definition) is 1. The van der Waals surface area contributed by atoms with Crippen LogP contribution < -0.4 is 5.73 Å². The largest absolute Gasteiger partial charge is 0.333 e. The number of fused-ring (bicyclic) bond motifs is 5. The predicted molar refractivity (Wildman–Crippen MR) is 261 cm³/mol. The Kier molecular flexibility index (Phi) is 11.8. The number of nitrogens with two attached hydrogens (primary N) is 1. The molecular formula is C60H59N. The Balaban J connectivity index is 0.000000515. The van der Waals surface area contributed by atoms with Gasteiger partial charge in [0.15, 0.2) is 0 Å². The highest BCUT2D eigenvalue weighted by Crippen LogP contribution is 2.49. The van der Waals surface area contributed by atoms with E-state index in [4.69, 9.17) is 0 Å². The van der Waals surface area contributed by atoms with Crippen molar-refractivity contribution in [3.63, 3.8) is 0 Å². The molecule has 0 amide bonds. The summed E-state index contributed by atoms with van der Waals surface area (Å²) in [6.07, 6.45) is 2.86. The highest BCUT2D eigenvalue weighted by atomic mass is 14.4. The summed E-state index contributed by atoms with van der Waals surface area (Å²) in [5.41, 5.74) is 29.1. The molecule has 304 valence electrons. The van der Waals surface area contributed by atoms with Gasteiger partial charge in [-0.3, -0.25) is 0 Å². The fourth-order valence-corrected chi connectivity index (χ4v) is 10.1. The van der Waals surface area contributed by atoms with Crippen molar-refractivity contribution < 1.29 is 0 Å². The highest BCUT2D eigenvalue weighted by Gasteiger charge is 2.34. The fourth-order valence-electron chi connectivity index (χ4n) is 10.1. The van der Waals surface area contributed by atoms with Gasteiger partial charge < -0.3 is 5.73 Å². The Bertz CT molecular complexity index is 2810. The monoisotopic (exact) mass is 793 g/mol. The molecule has 0 saturated carbocycles. The standard InChI is InChI=1S/C52H46.C7H8.CH5N/c1-34-16-9-12-23-46(34)51(2,3)48-25-14-11-22-42(48)41-31-43(36-26-27-38-29-37-19-10-13-24-47(37)52(4,5)49(38)33-36)44-30-40-21-15-20-39(50(40)45(44)32-41)28-35-17-7-6-8-18-35;1-7-5-3-2-4-6-7;1-2/h6-27,31-33H,28-30H2,1-5H3;2-6H,1H3;2H2,1H3. The lowest BCUT2D eigenvalue weighted by molar-refractivity contribution is 0.611. The molecule has 8 aromatic rings. The summed E-state index contributed by atoms with van der Waals surface area (Å²) in [5.74, 6) is 0. The van der Waals surface area contributed by atoms with Crippen molar-refractivity contribution >= 4 is 0 Å². The minimum absolute atomic E-state index is 0.0725. The van der Waals surface area contributed by atoms with Crippen molar-refractivity contribution in [2.24, 2.45) is 5.73 Å². The van der Waals surface area contributed by atoms with Crippen molar-refractivity contribution in [3.8, 4) is 33.4 Å². The third-order valence-electron chi connectivity index (χ3n) is 13.2. The van der Waals surface area contributed by atoms with E-state index in [2.05, 4.69) is 211 Å². The molecule has 0 bridgehead atoms. The van der Waals surface area contributed by atoms with Gasteiger partial charge in [-0.05, 0) is 153 Å². The maximum atomic E-state index is 4.50. The molecule has 0 fully saturated rings. The van der Waals surface area contributed by atoms with Crippen LogP contribution in [0.25, 0.3) is 33.4 Å². The molecule has 0 unspecified atom stereocenters. The molecule has 1 heteroatoms. The summed E-state index contributed by atoms with van der Waals surface area (Å²) in [6, 6.07) is 67.6. The smallest absolute Gasteiger partial charge is 0.0155 e. The Morgan fingerprint density at radius 1 is 0.492 bits per heavy atom. The summed E-state index contributed by atoms with van der Waals surface area (Å²) in [4.78, 5) is 0. The average molecular weight is 794 g/mol. The maximum absolute atomic E-state index is 4.50. The lowest BCUT2D eigenvalue weighted by atomic mass is 9.68. The average Bonchev–Trinajstić information content (AvgIpc) is 3.67. The van der Waals surface area contributed by atoms with E-state index in [0.29, 0.717) is 0 Å². The predicted octanol–water partition coefficient (Wildman–Crippen LogP) is 14.6. The first-order valence-electron chi connectivity index (χ1n) is 21.9. The van der Waals surface area contributed by atoms with Gasteiger partial charge in [0.2, 0.25) is 0 Å². The molecule has 0 aromatic heterocycles. The lowest BCUT2D eigenvalue weighted by Gasteiger charge is -2.35. The van der Waals surface area contributed by atoms with E-state index < -0.39 is 0 Å². The first-order chi connectivity index (χ1) is 29.6. The van der Waals surface area contributed by atoms with Gasteiger partial charge >= 0.3 is 0 Å². The molecule has 0 saturated heterocycles. The van der Waals surface area contributed by atoms with Gasteiger partial charge in [0.25, 0.3) is 0 Å². The van der Waals surface area contributed by atoms with Gasteiger partial charge in [-0.1, -0.05) is 197 Å². The minimum atomic E-state index is -0.180. The first-order valence-corrected chi connectivity index (χ1v) is 21.9. The molecule has 2 N–H and O–H groups in total. The van der Waals surface area contributed by atoms with Crippen LogP contribution in [0.1, 0.15) is 94.5 Å². The van der Waals surface area contributed by atoms with Crippen LogP contribution in [0, 0.1) is 13.8 Å². The van der Waals surface area contributed by atoms with Crippen LogP contribution >= 0.6 is 0 Å². The molecule has 61 heavy (non-hydrogen) atoms. The van der Waals surface area contributed by atoms with Gasteiger partial charge in [0.1, 0.15) is 0 Å². The topological polar surface area (TPSA) is 26.0 Å². The van der Waals surface area contributed by atoms with E-state index in [9.17, 15) is 0 Å². The molecule has 10 rings (SSSR count). The van der Waals surface area contributed by atoms with E-state index in [1.165, 1.54) is 107 Å². The molecule has 8 aromatic carbocycles. The maximum Gasteiger partial charge on any atom is 0.0155 e. The van der Waals surface area contributed by atoms with Gasteiger partial charge in [0.05, 0.1) is 0 Å². The zero-order chi connectivity index (χ0) is 42.7. The van der Waals surface area contributed by atoms with E-state index in [1.807, 2.05) is 18.2 Å². The van der Waals surface area contributed by atoms with Crippen molar-refractivity contribution in [2.75, 3.05) is 7.05 Å². The third kappa shape index (κ3) is 8.04. The van der Waals surface area contributed by atoms with E-state index >= 15 is 0 Å². The lowest BCUT2D eigenvalue weighted by Crippen LogP contribution is -2.27. The molecule has 0 aliphatic heterocycles. The second-order valence-electron chi connectivity index (χ2n) is 17.8. The zero-order valence-corrected chi connectivity index (χ0v) is 37.0. The Labute approximate surface area is 365 Å². The number of aryl methyl sites for hydroxylation is 2. The molecule has 0 atom stereocenters. The Morgan fingerprint density at radius 2 is 1.10 bits per heavy atom. The molecule has 1 nitrogen and oxygen atoms in total. The van der Waals surface area contributed by atoms with Crippen LogP contribution in [0.3, 0.4) is 0 Å². The number of benzene rings is 8. The van der Waals surface area contributed by atoms with Crippen molar-refractivity contribution in [1.82, 2.24) is 0 Å². The summed E-state index contributed by atoms with van der Waals surface area (Å²) in [5, 5.41) is 0. The van der Waals surface area contributed by atoms with Crippen LogP contribution in [0.2, 0.25) is 0 Å². The normalized spacial score (nSPS) is 13.0. The summed E-state index contributed by atoms with van der Waals surface area (Å²) in [6.45, 7) is 13.9. The summed E-state index contributed by atoms with van der Waals surface area (Å²) >= 11 is 0. The van der Waals surface area contributed by atoms with E-state index in [0.717, 1.165) is 19.3 Å². The van der Waals surface area contributed by atoms with Crippen molar-refractivity contribution in [3.05, 3.63) is 249 Å². The van der Waals surface area contributed by atoms with E-state index in [-0.39, 0.29) is 10.8 Å². The van der Waals surface area contributed by atoms with Gasteiger partial charge in [-0.15, -0.1) is 0 Å². The molecule has 2 aliphatic carbocycles. The van der Waals surface area contributed by atoms with Gasteiger partial charge in [-0.2, -0.15) is 0 Å². The van der Waals surface area contributed by atoms with Crippen molar-refractivity contribution in [1.29, 1.82) is 0 Å². The molecule has 0 radical (unpaired) electrons. The quantitative estimate of drug-likeness (QED) is 0.178. The Hall–Kier alpha value is -6.28. The van der Waals surface area contributed by atoms with Crippen LogP contribution in [0.15, 0.2) is 182 Å². The highest BCUT2D eigenvalue weighted by molar-refractivity contribution is 5.92. The van der Waals surface area contributed by atoms with Crippen LogP contribution in [-0.4, -0.2) is 7.05 Å². The fraction of sp³-hybridized carbons (Fsp3) is 0.200. The summed E-state index contributed by atoms with van der Waals surface area (Å²) in [7, 11) is 1.50. The number of hydrogen-bond acceptors (Lipinski definition) is 1. The molecule has 0 spiro atoms. The third-order valence-corrected chi connectivity index (χ3v) is 13.2. The Morgan fingerprint density at radius 3 is 1.82 bits per heavy atom.